The minimum Gasteiger partial charge on any atom is -0.369 e. The van der Waals surface area contributed by atoms with Crippen LogP contribution < -0.4 is 31.9 Å². The van der Waals surface area contributed by atoms with Crippen molar-refractivity contribution in [1.29, 1.82) is 0 Å². The average Bonchev–Trinajstić information content (AvgIpc) is 4.03. The van der Waals surface area contributed by atoms with Gasteiger partial charge in [-0.15, -0.1) is 0 Å². The van der Waals surface area contributed by atoms with Gasteiger partial charge in [0, 0.05) is 56.4 Å². The fourth-order valence-electron chi connectivity index (χ4n) is 7.54. The summed E-state index contributed by atoms with van der Waals surface area (Å²) in [7, 11) is -16.4. The Kier molecular flexibility index (Phi) is 20.9. The number of fused-ring (bicyclic) bond motifs is 2. The summed E-state index contributed by atoms with van der Waals surface area (Å²) in [5.41, 5.74) is 0.456. The number of urea groups is 1. The highest BCUT2D eigenvalue weighted by atomic mass is 32.2. The third kappa shape index (κ3) is 18.8. The molecule has 0 bridgehead atoms. The number of rotatable bonds is 31. The van der Waals surface area contributed by atoms with Crippen LogP contribution in [0.15, 0.2) is 12.5 Å². The molecule has 65 heavy (non-hydrogen) atoms. The fourth-order valence-corrected chi connectivity index (χ4v) is 12.1. The van der Waals surface area contributed by atoms with E-state index in [0.717, 1.165) is 76.4 Å². The molecule has 3 saturated heterocycles. The van der Waals surface area contributed by atoms with Gasteiger partial charge in [-0.25, -0.2) is 33.1 Å². The monoisotopic (exact) mass is 998 g/mol. The highest BCUT2D eigenvalue weighted by Gasteiger charge is 2.43. The molecular formula is C36H61N10O15P3S. The highest BCUT2D eigenvalue weighted by molar-refractivity contribution is 8.00. The molecule has 0 saturated carbocycles. The second-order valence-electron chi connectivity index (χ2n) is 15.9. The molecule has 29 heteroatoms. The number of phosphoric acid groups is 3. The number of anilines is 1. The van der Waals surface area contributed by atoms with Crippen LogP contribution in [0.5, 0.6) is 0 Å². The van der Waals surface area contributed by atoms with Crippen LogP contribution in [0.2, 0.25) is 0 Å². The van der Waals surface area contributed by atoms with E-state index in [-0.39, 0.29) is 35.8 Å². The maximum atomic E-state index is 12.3. The number of hydrogen-bond acceptors (Lipinski definition) is 16. The van der Waals surface area contributed by atoms with Gasteiger partial charge in [-0.1, -0.05) is 19.3 Å². The first kappa shape index (κ1) is 52.7. The van der Waals surface area contributed by atoms with Crippen LogP contribution in [-0.4, -0.2) is 125 Å². The van der Waals surface area contributed by atoms with Crippen LogP contribution in [0.1, 0.15) is 109 Å². The van der Waals surface area contributed by atoms with Crippen molar-refractivity contribution < 1.29 is 70.3 Å². The molecule has 3 aliphatic rings. The van der Waals surface area contributed by atoms with Crippen molar-refractivity contribution in [3.63, 3.8) is 0 Å². The first-order valence-electron chi connectivity index (χ1n) is 21.8. The molecule has 5 heterocycles. The topological polar surface area (TPSA) is 353 Å². The molecule has 0 radical (unpaired) electrons. The summed E-state index contributed by atoms with van der Waals surface area (Å²) < 4.78 is 53.9. The molecule has 366 valence electrons. The quantitative estimate of drug-likeness (QED) is 0.0294. The molecule has 2 aromatic rings. The van der Waals surface area contributed by atoms with Crippen molar-refractivity contribution in [1.82, 2.24) is 46.3 Å². The Bertz CT molecular complexity index is 2050. The predicted molar refractivity (Wildman–Crippen MR) is 236 cm³/mol. The maximum absolute atomic E-state index is 12.3. The SMILES string of the molecule is O=C(CCCCCNC(=O)CCCCC1SC[C@@H]2NC(=O)N[C@H]12)NCCCCCC(=O)NCCCCNc1ncnc2c1cnn2[C@@H]1CC[C@@H](COP(=O)(O)OP(=O)(O)OP(=O)(O)O)O1. The third-order valence-electron chi connectivity index (χ3n) is 10.7. The maximum Gasteiger partial charge on any atom is 0.490 e. The number of aromatic nitrogens is 4. The zero-order valence-corrected chi connectivity index (χ0v) is 39.4. The van der Waals surface area contributed by atoms with E-state index in [1.807, 2.05) is 11.8 Å². The molecule has 5 amide bonds. The van der Waals surface area contributed by atoms with E-state index in [2.05, 4.69) is 60.1 Å². The van der Waals surface area contributed by atoms with E-state index < -0.39 is 42.4 Å². The Balaban J connectivity index is 0.820. The first-order valence-corrected chi connectivity index (χ1v) is 27.4. The van der Waals surface area contributed by atoms with Crippen molar-refractivity contribution in [3.05, 3.63) is 12.5 Å². The Morgan fingerprint density at radius 2 is 1.40 bits per heavy atom. The molecule has 3 unspecified atom stereocenters. The lowest BCUT2D eigenvalue weighted by Crippen LogP contribution is -2.36. The molecule has 0 aliphatic carbocycles. The van der Waals surface area contributed by atoms with E-state index in [1.165, 1.54) is 11.0 Å². The van der Waals surface area contributed by atoms with Crippen LogP contribution in [0.25, 0.3) is 11.0 Å². The molecular weight excluding hydrogens is 937 g/mol. The Labute approximate surface area is 380 Å². The lowest BCUT2D eigenvalue weighted by atomic mass is 10.0. The number of hydrogen-bond donors (Lipinski definition) is 10. The molecule has 5 rings (SSSR count). The Hall–Kier alpha value is -3.25. The van der Waals surface area contributed by atoms with Crippen molar-refractivity contribution in [2.24, 2.45) is 0 Å². The van der Waals surface area contributed by atoms with Crippen molar-refractivity contribution in [3.8, 4) is 0 Å². The van der Waals surface area contributed by atoms with Gasteiger partial charge in [-0.3, -0.25) is 18.9 Å². The molecule has 0 aromatic carbocycles. The lowest BCUT2D eigenvalue weighted by Gasteiger charge is -2.18. The van der Waals surface area contributed by atoms with E-state index in [9.17, 15) is 42.7 Å². The normalized spacial score (nSPS) is 22.4. The summed E-state index contributed by atoms with van der Waals surface area (Å²) in [5.74, 6) is 1.52. The molecule has 25 nitrogen and oxygen atoms in total. The van der Waals surface area contributed by atoms with Crippen LogP contribution in [0.3, 0.4) is 0 Å². The summed E-state index contributed by atoms with van der Waals surface area (Å²) in [6, 6.07) is 0.338. The number of unbranched alkanes of at least 4 members (excludes halogenated alkanes) is 6. The van der Waals surface area contributed by atoms with Crippen LogP contribution in [0.4, 0.5) is 10.6 Å². The minimum absolute atomic E-state index is 0.00942. The number of nitrogens with one attached hydrogen (secondary N) is 6. The Morgan fingerprint density at radius 3 is 2.05 bits per heavy atom. The van der Waals surface area contributed by atoms with Crippen molar-refractivity contribution in [2.45, 2.75) is 132 Å². The number of phosphoric ester groups is 1. The summed E-state index contributed by atoms with van der Waals surface area (Å²) in [5, 5.41) is 23.4. The average molecular weight is 999 g/mol. The van der Waals surface area contributed by atoms with Gasteiger partial charge in [0.1, 0.15) is 12.1 Å². The highest BCUT2D eigenvalue weighted by Crippen LogP contribution is 2.66. The van der Waals surface area contributed by atoms with Gasteiger partial charge in [0.25, 0.3) is 0 Å². The smallest absolute Gasteiger partial charge is 0.369 e. The minimum atomic E-state index is -5.63. The van der Waals surface area contributed by atoms with Gasteiger partial charge in [0.15, 0.2) is 11.9 Å². The number of carbonyl (C=O) groups is 4. The lowest BCUT2D eigenvalue weighted by molar-refractivity contribution is -0.122. The standard InChI is InChI=1S/C36H61N10O15P3S/c47-29(12-3-1-8-18-38-31(49)14-6-5-11-28-33-27(23-65-28)44-36(50)45-33)37-17-7-2-4-13-30(48)39-19-9-10-20-40-34-26-21-43-46(35(26)42-24-41-34)32-16-15-25(59-32)22-58-63(54,55)61-64(56,57)60-62(51,52)53/h21,24-25,27-28,32-33H,1-20,22-23H2,(H,37,47)(H,38,49)(H,39,48)(H,54,55)(H,56,57)(H,40,41,42)(H2,44,45,50)(H2,51,52,53)/t25-,27-,28?,32-,33-/m0/s1. The molecule has 0 spiro atoms. The van der Waals surface area contributed by atoms with E-state index in [0.29, 0.717) is 80.4 Å². The molecule has 3 aliphatic heterocycles. The van der Waals surface area contributed by atoms with Crippen LogP contribution in [-0.2, 0) is 46.0 Å². The Morgan fingerprint density at radius 1 is 0.785 bits per heavy atom. The largest absolute Gasteiger partial charge is 0.490 e. The van der Waals surface area contributed by atoms with Crippen molar-refractivity contribution in [2.75, 3.05) is 43.9 Å². The number of carbonyl (C=O) groups excluding carboxylic acids is 4. The van der Waals surface area contributed by atoms with Gasteiger partial charge in [-0.2, -0.15) is 25.5 Å². The summed E-state index contributed by atoms with van der Waals surface area (Å²) in [6.07, 6.45) is 12.6. The second-order valence-corrected chi connectivity index (χ2v) is 21.6. The number of thioether (sulfide) groups is 1. The third-order valence-corrected chi connectivity index (χ3v) is 16.0. The second kappa shape index (κ2) is 25.8. The van der Waals surface area contributed by atoms with Crippen LogP contribution in [0, 0.1) is 0 Å². The number of ether oxygens (including phenoxy) is 1. The van der Waals surface area contributed by atoms with E-state index in [4.69, 9.17) is 14.5 Å². The summed E-state index contributed by atoms with van der Waals surface area (Å²) in [6.45, 7) is 1.68. The molecule has 7 atom stereocenters. The zero-order chi connectivity index (χ0) is 46.9. The van der Waals surface area contributed by atoms with Gasteiger partial charge >= 0.3 is 29.5 Å². The zero-order valence-electron chi connectivity index (χ0n) is 35.9. The van der Waals surface area contributed by atoms with E-state index in [1.54, 1.807) is 6.20 Å². The summed E-state index contributed by atoms with van der Waals surface area (Å²) in [4.78, 5) is 93.2. The van der Waals surface area contributed by atoms with Crippen molar-refractivity contribution >= 4 is 75.8 Å². The first-order chi connectivity index (χ1) is 31.0. The molecule has 2 aromatic heterocycles. The molecule has 3 fully saturated rings. The van der Waals surface area contributed by atoms with Gasteiger partial charge in [-0.05, 0) is 64.2 Å². The van der Waals surface area contributed by atoms with E-state index >= 15 is 0 Å². The predicted octanol–water partition coefficient (Wildman–Crippen LogP) is 3.23. The van der Waals surface area contributed by atoms with Gasteiger partial charge in [0.05, 0.1) is 36.4 Å². The number of amides is 5. The molecule has 10 N–H and O–H groups in total. The van der Waals surface area contributed by atoms with Gasteiger partial charge < -0.3 is 56.2 Å². The van der Waals surface area contributed by atoms with Crippen LogP contribution >= 0.6 is 35.2 Å². The van der Waals surface area contributed by atoms with Gasteiger partial charge in [0.2, 0.25) is 17.7 Å². The summed E-state index contributed by atoms with van der Waals surface area (Å²) >= 11 is 1.88. The number of nitrogens with zero attached hydrogens (tertiary/aromatic N) is 4. The fraction of sp³-hybridized carbons (Fsp3) is 0.750.